The lowest BCUT2D eigenvalue weighted by atomic mass is 9.81. The average Bonchev–Trinajstić information content (AvgIpc) is 3.79. The highest BCUT2D eigenvalue weighted by molar-refractivity contribution is 5.79. The molecule has 0 saturated carbocycles. The van der Waals surface area contributed by atoms with Crippen molar-refractivity contribution >= 4 is 5.78 Å². The minimum Gasteiger partial charge on any atom is -0.392 e. The summed E-state index contributed by atoms with van der Waals surface area (Å²) < 4.78 is 52.8. The first kappa shape index (κ1) is 37.6. The minimum atomic E-state index is -0.890. The third-order valence-electron chi connectivity index (χ3n) is 13.7. The molecular weight excluding hydrogens is 670 g/mol. The van der Waals surface area contributed by atoms with Crippen molar-refractivity contribution in [2.75, 3.05) is 13.7 Å². The molecule has 4 N–H and O–H groups in total. The topological polar surface area (TPSA) is 157 Å². The summed E-state index contributed by atoms with van der Waals surface area (Å²) in [5, 5.41) is 22.1. The predicted molar refractivity (Wildman–Crippen MR) is 188 cm³/mol. The Kier molecular flexibility index (Phi) is 11.1. The van der Waals surface area contributed by atoms with Gasteiger partial charge in [-0.1, -0.05) is 20.1 Å². The molecule has 1 spiro atoms. The van der Waals surface area contributed by atoms with Crippen LogP contribution in [-0.4, -0.2) is 127 Å². The van der Waals surface area contributed by atoms with Gasteiger partial charge in [0.2, 0.25) is 0 Å². The van der Waals surface area contributed by atoms with E-state index >= 15 is 0 Å². The molecule has 8 aliphatic rings. The van der Waals surface area contributed by atoms with E-state index in [1.807, 2.05) is 0 Å². The van der Waals surface area contributed by atoms with Crippen molar-refractivity contribution < 1.29 is 52.9 Å². The number of rotatable bonds is 4. The van der Waals surface area contributed by atoms with Gasteiger partial charge >= 0.3 is 0 Å². The highest BCUT2D eigenvalue weighted by Crippen LogP contribution is 2.49. The van der Waals surface area contributed by atoms with Gasteiger partial charge in [0, 0.05) is 58.1 Å². The molecule has 0 amide bonds. The van der Waals surface area contributed by atoms with Crippen molar-refractivity contribution in [1.82, 2.24) is 0 Å². The number of hydrogen-bond donors (Lipinski definition) is 3. The SMILES string of the molecule is C=C1C[C@@H]2CC[C@]34CCC(O3)[C@@H]3O[C@H]5CC[C@H](CC(=O)C[C@@H]6[C@@H](OC)[C@@H](C[C@H](O)CN)O[C@H]6C[C@H]6O[C@@H](CC[C@@H]1O2)C[C@@H](C)C6=C)O[C@@H]5[C@H](O4)[C@@H]3O. The average molecular weight is 732 g/mol. The molecule has 292 valence electrons. The fourth-order valence-corrected chi connectivity index (χ4v) is 10.8. The quantitative estimate of drug-likeness (QED) is 0.363. The Balaban J connectivity index is 1.07. The van der Waals surface area contributed by atoms with Gasteiger partial charge < -0.3 is 53.8 Å². The molecule has 8 saturated heterocycles. The van der Waals surface area contributed by atoms with Crippen molar-refractivity contribution in [3.8, 4) is 0 Å². The predicted octanol–water partition coefficient (Wildman–Crippen LogP) is 3.42. The van der Waals surface area contributed by atoms with E-state index in [4.69, 9.17) is 43.6 Å². The van der Waals surface area contributed by atoms with Crippen LogP contribution in [0.25, 0.3) is 0 Å². The Morgan fingerprint density at radius 2 is 1.60 bits per heavy atom. The van der Waals surface area contributed by atoms with Crippen LogP contribution in [0.3, 0.4) is 0 Å². The standard InChI is InChI=1S/C40H61NO11/c1-20-13-25-5-7-29-21(2)14-27(46-29)9-11-40-12-10-31(51-40)37-35(44)39(52-40)38-30(50-37)8-6-26(48-38)15-23(42)16-28-33(18-32(47-25)22(20)3)49-34(36(28)45-4)17-24(43)19-41/h20,24-39,43-44H,2-3,5-19,41H2,1,4H3/t20-,24+,25+,26-,27+,28+,29+,30+,31?,32-,33+,34-,35-,36-,37+,38+,39-,40+/m1/s1. The highest BCUT2D eigenvalue weighted by Gasteiger charge is 2.60. The monoisotopic (exact) mass is 731 g/mol. The molecule has 12 heteroatoms. The molecule has 10 bridgehead atoms. The molecule has 52 heavy (non-hydrogen) atoms. The van der Waals surface area contributed by atoms with Crippen LogP contribution < -0.4 is 5.73 Å². The first-order valence-electron chi connectivity index (χ1n) is 20.1. The van der Waals surface area contributed by atoms with Gasteiger partial charge in [0.1, 0.15) is 30.2 Å². The van der Waals surface area contributed by atoms with Gasteiger partial charge in [-0.3, -0.25) is 4.79 Å². The molecule has 18 atom stereocenters. The summed E-state index contributed by atoms with van der Waals surface area (Å²) in [7, 11) is 1.64. The first-order valence-corrected chi connectivity index (χ1v) is 20.1. The molecule has 8 aliphatic heterocycles. The summed E-state index contributed by atoms with van der Waals surface area (Å²) in [6, 6.07) is 0. The number of carbonyl (C=O) groups is 1. The smallest absolute Gasteiger partial charge is 0.169 e. The zero-order valence-electron chi connectivity index (χ0n) is 31.0. The summed E-state index contributed by atoms with van der Waals surface area (Å²) in [6.45, 7) is 11.2. The molecular formula is C40H61NO11. The van der Waals surface area contributed by atoms with Crippen LogP contribution in [0.5, 0.6) is 0 Å². The van der Waals surface area contributed by atoms with Crippen molar-refractivity contribution in [2.24, 2.45) is 17.6 Å². The zero-order valence-corrected chi connectivity index (χ0v) is 31.0. The van der Waals surface area contributed by atoms with Crippen LogP contribution in [0.15, 0.2) is 24.3 Å². The number of nitrogens with two attached hydrogens (primary N) is 1. The fourth-order valence-electron chi connectivity index (χ4n) is 10.8. The number of fused-ring (bicyclic) bond motifs is 9. The second-order valence-electron chi connectivity index (χ2n) is 17.2. The van der Waals surface area contributed by atoms with E-state index < -0.39 is 48.5 Å². The van der Waals surface area contributed by atoms with E-state index in [1.54, 1.807) is 7.11 Å². The molecule has 8 rings (SSSR count). The van der Waals surface area contributed by atoms with Crippen molar-refractivity contribution in [1.29, 1.82) is 0 Å². The number of ether oxygens (including phenoxy) is 8. The summed E-state index contributed by atoms with van der Waals surface area (Å²) >= 11 is 0. The van der Waals surface area contributed by atoms with Crippen molar-refractivity contribution in [2.45, 2.75) is 194 Å². The van der Waals surface area contributed by atoms with E-state index in [-0.39, 0.29) is 85.8 Å². The molecule has 0 aromatic carbocycles. The number of aliphatic hydroxyl groups excluding tert-OH is 2. The minimum absolute atomic E-state index is 0.0171. The van der Waals surface area contributed by atoms with E-state index in [0.29, 0.717) is 32.1 Å². The number of aliphatic hydroxyl groups is 2. The lowest BCUT2D eigenvalue weighted by Crippen LogP contribution is -2.63. The van der Waals surface area contributed by atoms with Crippen LogP contribution in [-0.2, 0) is 42.7 Å². The molecule has 0 aromatic heterocycles. The number of hydrogen-bond acceptors (Lipinski definition) is 12. The van der Waals surface area contributed by atoms with Crippen molar-refractivity contribution in [3.05, 3.63) is 24.3 Å². The van der Waals surface area contributed by atoms with Crippen LogP contribution in [0, 0.1) is 11.8 Å². The number of carbonyl (C=O) groups excluding carboxylic acids is 1. The molecule has 8 fully saturated rings. The maximum absolute atomic E-state index is 14.0. The Morgan fingerprint density at radius 1 is 0.827 bits per heavy atom. The summed E-state index contributed by atoms with van der Waals surface area (Å²) in [5.41, 5.74) is 7.96. The molecule has 8 heterocycles. The fraction of sp³-hybridized carbons (Fsp3) is 0.875. The number of ketones is 1. The summed E-state index contributed by atoms with van der Waals surface area (Å²) in [6.07, 6.45) is 3.51. The second kappa shape index (κ2) is 15.3. The molecule has 0 radical (unpaired) electrons. The maximum atomic E-state index is 14.0. The van der Waals surface area contributed by atoms with Crippen LogP contribution in [0.2, 0.25) is 0 Å². The van der Waals surface area contributed by atoms with Crippen LogP contribution in [0.4, 0.5) is 0 Å². The maximum Gasteiger partial charge on any atom is 0.169 e. The Bertz CT molecular complexity index is 1330. The number of Topliss-reactive ketones (excluding diaryl/α,β-unsaturated/α-hetero) is 1. The number of methoxy groups -OCH3 is 1. The van der Waals surface area contributed by atoms with E-state index in [2.05, 4.69) is 20.1 Å². The normalized spacial score (nSPS) is 50.4. The van der Waals surface area contributed by atoms with Gasteiger partial charge in [-0.2, -0.15) is 0 Å². The lowest BCUT2D eigenvalue weighted by molar-refractivity contribution is -0.299. The van der Waals surface area contributed by atoms with E-state index in [0.717, 1.165) is 56.1 Å². The van der Waals surface area contributed by atoms with Crippen LogP contribution >= 0.6 is 0 Å². The molecule has 0 aromatic rings. The Morgan fingerprint density at radius 3 is 2.40 bits per heavy atom. The third-order valence-corrected chi connectivity index (χ3v) is 13.7. The zero-order chi connectivity index (χ0) is 36.3. The first-order chi connectivity index (χ1) is 25.0. The van der Waals surface area contributed by atoms with Crippen molar-refractivity contribution in [3.63, 3.8) is 0 Å². The van der Waals surface area contributed by atoms with Gasteiger partial charge in [0.15, 0.2) is 5.79 Å². The van der Waals surface area contributed by atoms with Gasteiger partial charge in [-0.15, -0.1) is 0 Å². The highest BCUT2D eigenvalue weighted by atomic mass is 16.7. The lowest BCUT2D eigenvalue weighted by Gasteiger charge is -2.49. The van der Waals surface area contributed by atoms with Gasteiger partial charge in [-0.05, 0) is 68.4 Å². The van der Waals surface area contributed by atoms with Gasteiger partial charge in [0.25, 0.3) is 0 Å². The van der Waals surface area contributed by atoms with Crippen LogP contribution in [0.1, 0.15) is 96.8 Å². The van der Waals surface area contributed by atoms with Gasteiger partial charge in [0.05, 0.1) is 67.1 Å². The second-order valence-corrected chi connectivity index (χ2v) is 17.2. The Labute approximate surface area is 308 Å². The van der Waals surface area contributed by atoms with E-state index in [9.17, 15) is 15.0 Å². The largest absolute Gasteiger partial charge is 0.392 e. The van der Waals surface area contributed by atoms with Gasteiger partial charge in [-0.25, -0.2) is 0 Å². The Hall–Kier alpha value is -1.29. The van der Waals surface area contributed by atoms with E-state index in [1.165, 1.54) is 0 Å². The molecule has 12 nitrogen and oxygen atoms in total. The summed E-state index contributed by atoms with van der Waals surface area (Å²) in [4.78, 5) is 14.0. The summed E-state index contributed by atoms with van der Waals surface area (Å²) in [5.74, 6) is -0.766. The molecule has 0 aliphatic carbocycles. The third kappa shape index (κ3) is 7.36. The molecule has 1 unspecified atom stereocenters.